The Labute approximate surface area is 728 Å². The Balaban J connectivity index is 0.000000148. The molecule has 6 N–H and O–H groups in total. The lowest BCUT2D eigenvalue weighted by molar-refractivity contribution is -0.135. The van der Waals surface area contributed by atoms with Gasteiger partial charge in [0.1, 0.15) is 30.4 Å². The molecule has 0 radical (unpaired) electrons. The van der Waals surface area contributed by atoms with Gasteiger partial charge in [-0.15, -0.1) is 0 Å². The first kappa shape index (κ1) is 86.6. The molecule has 5 fully saturated rings. The molecular formula is C97H96BrCl4F2N11O5. The van der Waals surface area contributed by atoms with Crippen molar-refractivity contribution in [3.05, 3.63) is 306 Å². The Kier molecular flexibility index (Phi) is 29.4. The second kappa shape index (κ2) is 40.7. The van der Waals surface area contributed by atoms with Crippen molar-refractivity contribution in [2.24, 2.45) is 0 Å². The molecule has 0 bridgehead atoms. The van der Waals surface area contributed by atoms with Gasteiger partial charge in [0.25, 0.3) is 0 Å². The molecule has 23 heteroatoms. The van der Waals surface area contributed by atoms with Crippen molar-refractivity contribution in [3.63, 3.8) is 0 Å². The Morgan fingerprint density at radius 2 is 0.975 bits per heavy atom. The molecule has 618 valence electrons. The van der Waals surface area contributed by atoms with Crippen LogP contribution in [0.2, 0.25) is 20.1 Å². The van der Waals surface area contributed by atoms with Crippen molar-refractivity contribution in [2.45, 2.75) is 125 Å². The lowest BCUT2D eigenvalue weighted by atomic mass is 9.79. The lowest BCUT2D eigenvalue weighted by Crippen LogP contribution is -2.54. The van der Waals surface area contributed by atoms with E-state index >= 15 is 0 Å². The minimum absolute atomic E-state index is 0.0127. The number of nitrogens with zero attached hydrogens (tertiary/aromatic N) is 5. The third-order valence-corrected chi connectivity index (χ3v) is 25.7. The highest BCUT2D eigenvalue weighted by atomic mass is 79.9. The second-order valence-corrected chi connectivity index (χ2v) is 34.4. The fourth-order valence-electron chi connectivity index (χ4n) is 17.5. The zero-order valence-electron chi connectivity index (χ0n) is 66.6. The molecule has 16 nitrogen and oxygen atoms in total. The fourth-order valence-corrected chi connectivity index (χ4v) is 18.6. The van der Waals surface area contributed by atoms with Crippen LogP contribution in [-0.2, 0) is 42.3 Å². The van der Waals surface area contributed by atoms with Gasteiger partial charge < -0.3 is 35.5 Å². The molecule has 3 amide bonds. The van der Waals surface area contributed by atoms with Gasteiger partial charge in [-0.3, -0.25) is 34.7 Å². The standard InChI is InChI=1S/C33H28BrCl2N3O2.C33H35ClFN5O.C31H33ClFN3O2/c34-28-10-4-23(5-11-28)21-39-14-12-33(13-15-39,41-22-32(40)38-31-18-29(35)17-30(36)19-31)27-8-6-25(7-9-27)26-3-1-2-24(16-26)20-37;34-29-21-27(12-13-30(29)35)39-31(41)22-38-33(14-18-40(19-15-33)28-6-1-2-7-28)26-10-8-23(9-11-26)24-4-3-5-25(20-24)32-36-16-17-37-32;32-28-19-26(12-13-29(28)33)35-30(38)20-34-31(14-16-36(17-15-31)27-6-1-2-7-27)25-10-8-23(9-11-25)24-5-3-4-22(18-24)21-37/h1-11,16-19H,12-15,21-22H2,(H,38,40);3-5,8-13,16-17,20-21,28,38H,1-2,6-7,14-15,18-19,22H2,(H,36,37)(H,39,41);3-5,8-13,18-19,21,27,34H,1-2,6-7,14-17,20H2,(H,35,38). The summed E-state index contributed by atoms with van der Waals surface area (Å²) in [5.74, 6) is -0.833. The van der Waals surface area contributed by atoms with E-state index in [1.807, 2.05) is 42.6 Å². The second-order valence-electron chi connectivity index (χ2n) is 31.8. The molecular weight excluding hydrogens is 1660 g/mol. The number of hydrogen-bond donors (Lipinski definition) is 6. The third kappa shape index (κ3) is 22.5. The van der Waals surface area contributed by atoms with Crippen LogP contribution in [-0.4, -0.2) is 120 Å². The minimum atomic E-state index is -0.618. The molecule has 2 aliphatic carbocycles. The molecule has 120 heavy (non-hydrogen) atoms. The average Bonchev–Trinajstić information content (AvgIpc) is 0.821. The van der Waals surface area contributed by atoms with Gasteiger partial charge in [-0.25, -0.2) is 13.8 Å². The molecule has 16 rings (SSSR count). The number of aromatic nitrogens is 2. The van der Waals surface area contributed by atoms with E-state index in [2.05, 4.69) is 195 Å². The fraction of sp³-hybridized carbons (Fsp3) is 0.299. The number of rotatable bonds is 24. The van der Waals surface area contributed by atoms with Gasteiger partial charge in [0, 0.05) is 124 Å². The number of hydrogen-bond acceptors (Lipinski definition) is 12. The minimum Gasteiger partial charge on any atom is -0.360 e. The van der Waals surface area contributed by atoms with Gasteiger partial charge in [-0.1, -0.05) is 221 Å². The number of anilines is 3. The largest absolute Gasteiger partial charge is 0.360 e. The predicted octanol–water partition coefficient (Wildman–Crippen LogP) is 21.9. The Bertz CT molecular complexity index is 5360. The lowest BCUT2D eigenvalue weighted by Gasteiger charge is -2.45. The zero-order chi connectivity index (χ0) is 83.6. The number of nitriles is 1. The van der Waals surface area contributed by atoms with E-state index in [1.54, 1.807) is 36.5 Å². The first-order valence-corrected chi connectivity index (χ1v) is 43.4. The highest BCUT2D eigenvalue weighted by Crippen LogP contribution is 2.42. The van der Waals surface area contributed by atoms with Crippen LogP contribution < -0.4 is 26.6 Å². The number of amides is 3. The van der Waals surface area contributed by atoms with Gasteiger partial charge in [0.05, 0.1) is 40.4 Å². The number of ether oxygens (including phenoxy) is 1. The maximum absolute atomic E-state index is 13.6. The maximum atomic E-state index is 13.6. The Morgan fingerprint density at radius 3 is 1.46 bits per heavy atom. The van der Waals surface area contributed by atoms with Crippen molar-refractivity contribution >= 4 is 103 Å². The predicted molar refractivity (Wildman–Crippen MR) is 480 cm³/mol. The quantitative estimate of drug-likeness (QED) is 0.0313. The monoisotopic (exact) mass is 1750 g/mol. The Hall–Kier alpha value is -9.76. The Morgan fingerprint density at radius 1 is 0.508 bits per heavy atom. The van der Waals surface area contributed by atoms with E-state index in [9.17, 15) is 33.2 Å². The van der Waals surface area contributed by atoms with Crippen LogP contribution in [0.3, 0.4) is 0 Å². The zero-order valence-corrected chi connectivity index (χ0v) is 71.3. The number of halogens is 7. The van der Waals surface area contributed by atoms with Crippen LogP contribution >= 0.6 is 62.3 Å². The number of carbonyl (C=O) groups is 4. The van der Waals surface area contributed by atoms with E-state index in [0.29, 0.717) is 50.3 Å². The molecule has 2 saturated carbocycles. The van der Waals surface area contributed by atoms with Gasteiger partial charge in [0.15, 0.2) is 0 Å². The maximum Gasteiger partial charge on any atom is 0.250 e. The number of aldehydes is 1. The van der Waals surface area contributed by atoms with Gasteiger partial charge in [-0.2, -0.15) is 5.26 Å². The summed E-state index contributed by atoms with van der Waals surface area (Å²) in [4.78, 5) is 65.2. The molecule has 3 saturated heterocycles. The SMILES string of the molecule is N#Cc1cccc(-c2ccc(C3(OCC(=O)Nc4cc(Cl)cc(Cl)c4)CCN(Cc4ccc(Br)cc4)CC3)cc2)c1.O=C(CNC1(c2ccc(-c3cccc(-c4ncc[nH]4)c3)cc2)CCN(C2CCCC2)CC1)Nc1ccc(F)c(Cl)c1.O=Cc1cccc(-c2ccc(C3(NCC(=O)Nc4ccc(F)c(Cl)c4)CCN(C4CCCC4)CC3)cc2)c1. The van der Waals surface area contributed by atoms with E-state index in [-0.39, 0.29) is 58.5 Å². The van der Waals surface area contributed by atoms with Crippen LogP contribution in [0.5, 0.6) is 0 Å². The third-order valence-electron chi connectivity index (χ3n) is 24.1. The molecule has 0 atom stereocenters. The van der Waals surface area contributed by atoms with Crippen molar-refractivity contribution < 1.29 is 32.7 Å². The summed E-state index contributed by atoms with van der Waals surface area (Å²) in [6, 6.07) is 74.2. The topological polar surface area (TPSA) is 200 Å². The van der Waals surface area contributed by atoms with Crippen LogP contribution in [0.4, 0.5) is 25.8 Å². The summed E-state index contributed by atoms with van der Waals surface area (Å²) >= 11 is 27.5. The number of carbonyl (C=O) groups excluding carboxylic acids is 4. The highest BCUT2D eigenvalue weighted by Gasteiger charge is 2.42. The molecule has 5 aliphatic rings. The van der Waals surface area contributed by atoms with E-state index < -0.39 is 17.2 Å². The van der Waals surface area contributed by atoms with Crippen molar-refractivity contribution in [1.29, 1.82) is 5.26 Å². The number of piperidine rings is 3. The number of imidazole rings is 1. The number of benzene rings is 10. The van der Waals surface area contributed by atoms with Crippen LogP contribution in [0.25, 0.3) is 44.8 Å². The first-order valence-electron chi connectivity index (χ1n) is 41.1. The normalized spacial score (nSPS) is 16.7. The summed E-state index contributed by atoms with van der Waals surface area (Å²) < 4.78 is 34.6. The first-order chi connectivity index (χ1) is 58.3. The number of aromatic amines is 1. The van der Waals surface area contributed by atoms with E-state index in [1.165, 1.54) is 98.9 Å². The summed E-state index contributed by atoms with van der Waals surface area (Å²) in [7, 11) is 0. The van der Waals surface area contributed by atoms with Gasteiger partial charge >= 0.3 is 0 Å². The highest BCUT2D eigenvalue weighted by molar-refractivity contribution is 9.10. The molecule has 4 heterocycles. The summed E-state index contributed by atoms with van der Waals surface area (Å²) in [6.07, 6.45) is 20.0. The summed E-state index contributed by atoms with van der Waals surface area (Å²) in [5.41, 5.74) is 13.4. The smallest absolute Gasteiger partial charge is 0.250 e. The summed E-state index contributed by atoms with van der Waals surface area (Å²) in [5, 5.41) is 25.9. The van der Waals surface area contributed by atoms with Crippen LogP contribution in [0.1, 0.15) is 128 Å². The van der Waals surface area contributed by atoms with E-state index in [0.717, 1.165) is 151 Å². The van der Waals surface area contributed by atoms with Gasteiger partial charge in [0.2, 0.25) is 17.7 Å². The molecule has 1 aromatic heterocycles. The molecule has 0 spiro atoms. The van der Waals surface area contributed by atoms with Crippen LogP contribution in [0, 0.1) is 23.0 Å². The van der Waals surface area contributed by atoms with E-state index in [4.69, 9.17) is 51.1 Å². The van der Waals surface area contributed by atoms with Crippen molar-refractivity contribution in [3.8, 4) is 50.8 Å². The van der Waals surface area contributed by atoms with Gasteiger partial charge in [-0.05, 0) is 211 Å². The molecule has 10 aromatic carbocycles. The molecule has 11 aromatic rings. The molecule has 3 aliphatic heterocycles. The number of H-pyrrole nitrogens is 1. The molecule has 0 unspecified atom stereocenters. The summed E-state index contributed by atoms with van der Waals surface area (Å²) in [6.45, 7) is 6.63. The van der Waals surface area contributed by atoms with Crippen molar-refractivity contribution in [2.75, 3.05) is 74.9 Å². The number of likely N-dealkylation sites (tertiary alicyclic amines) is 3. The number of nitrogens with one attached hydrogen (secondary N) is 6. The average molecular weight is 1760 g/mol. The van der Waals surface area contributed by atoms with Crippen molar-refractivity contribution in [1.82, 2.24) is 35.3 Å². The van der Waals surface area contributed by atoms with Crippen LogP contribution in [0.15, 0.2) is 241 Å².